The fourth-order valence-corrected chi connectivity index (χ4v) is 9.40. The molecule has 1 aliphatic rings. The quantitative estimate of drug-likeness (QED) is 0.154. The van der Waals surface area contributed by atoms with E-state index >= 15 is 4.39 Å². The summed E-state index contributed by atoms with van der Waals surface area (Å²) in [5.41, 5.74) is 5.87. The lowest BCUT2D eigenvalue weighted by Gasteiger charge is -2.28. The van der Waals surface area contributed by atoms with Crippen molar-refractivity contribution in [3.8, 4) is 22.5 Å². The monoisotopic (exact) mass is 905 g/mol. The number of nitrogens with one attached hydrogen (secondary N) is 1. The molecular formula is C45H40ClF4N5O5S2. The van der Waals surface area contributed by atoms with Crippen LogP contribution in [0.1, 0.15) is 22.3 Å². The Kier molecular flexibility index (Phi) is 12.3. The minimum Gasteiger partial charge on any atom is -0.378 e. The number of halogens is 5. The molecule has 10 nitrogen and oxygen atoms in total. The van der Waals surface area contributed by atoms with Gasteiger partial charge in [0.05, 0.1) is 90.7 Å². The molecule has 0 unspecified atom stereocenters. The van der Waals surface area contributed by atoms with Gasteiger partial charge in [-0.2, -0.15) is 0 Å². The van der Waals surface area contributed by atoms with Gasteiger partial charge in [0.2, 0.25) is 0 Å². The van der Waals surface area contributed by atoms with Gasteiger partial charge in [0, 0.05) is 61.0 Å². The Balaban J connectivity index is 0.000000201. The fraction of sp³-hybridized carbons (Fsp3) is 0.222. The van der Waals surface area contributed by atoms with E-state index < -0.39 is 42.9 Å². The van der Waals surface area contributed by atoms with Crippen LogP contribution in [0.5, 0.6) is 0 Å². The van der Waals surface area contributed by atoms with Gasteiger partial charge in [-0.15, -0.1) is 0 Å². The van der Waals surface area contributed by atoms with Crippen molar-refractivity contribution in [2.24, 2.45) is 0 Å². The Bertz CT molecular complexity index is 3170. The Morgan fingerprint density at radius 2 is 1.16 bits per heavy atom. The number of hydrogen-bond acceptors (Lipinski definition) is 10. The molecular weight excluding hydrogens is 866 g/mol. The number of rotatable bonds is 7. The van der Waals surface area contributed by atoms with Gasteiger partial charge in [0.25, 0.3) is 0 Å². The second kappa shape index (κ2) is 17.2. The molecule has 0 saturated carbocycles. The Morgan fingerprint density at radius 1 is 0.661 bits per heavy atom. The van der Waals surface area contributed by atoms with Gasteiger partial charge in [0.1, 0.15) is 23.3 Å². The van der Waals surface area contributed by atoms with E-state index in [2.05, 4.69) is 25.2 Å². The molecule has 3 aromatic heterocycles. The van der Waals surface area contributed by atoms with E-state index in [1.54, 1.807) is 50.5 Å². The van der Waals surface area contributed by atoms with E-state index in [4.69, 9.17) is 16.3 Å². The predicted octanol–water partition coefficient (Wildman–Crippen LogP) is 10.0. The first-order valence-electron chi connectivity index (χ1n) is 19.1. The summed E-state index contributed by atoms with van der Waals surface area (Å²) in [5.74, 6) is -3.14. The molecule has 8 rings (SSSR count). The third-order valence-corrected chi connectivity index (χ3v) is 13.1. The minimum atomic E-state index is -3.61. The highest BCUT2D eigenvalue weighted by Crippen LogP contribution is 2.40. The van der Waals surface area contributed by atoms with Gasteiger partial charge in [-0.05, 0) is 69.2 Å². The van der Waals surface area contributed by atoms with Crippen molar-refractivity contribution in [3.63, 3.8) is 0 Å². The molecule has 0 radical (unpaired) electrons. The van der Waals surface area contributed by atoms with Gasteiger partial charge in [-0.3, -0.25) is 4.98 Å². The van der Waals surface area contributed by atoms with E-state index in [0.717, 1.165) is 66.7 Å². The largest absolute Gasteiger partial charge is 0.378 e. The molecule has 0 amide bonds. The highest BCUT2D eigenvalue weighted by atomic mass is 35.5. The van der Waals surface area contributed by atoms with Crippen LogP contribution in [-0.2, 0) is 24.4 Å². The van der Waals surface area contributed by atoms with Crippen LogP contribution >= 0.6 is 11.6 Å². The van der Waals surface area contributed by atoms with E-state index in [0.29, 0.717) is 52.5 Å². The molecule has 1 fully saturated rings. The van der Waals surface area contributed by atoms with Crippen molar-refractivity contribution in [2.75, 3.05) is 49.0 Å². The van der Waals surface area contributed by atoms with E-state index in [-0.39, 0.29) is 42.3 Å². The van der Waals surface area contributed by atoms with Crippen LogP contribution in [0.15, 0.2) is 88.9 Å². The molecule has 62 heavy (non-hydrogen) atoms. The summed E-state index contributed by atoms with van der Waals surface area (Å²) in [6.07, 6.45) is 5.59. The molecule has 322 valence electrons. The number of fused-ring (bicyclic) bond motifs is 2. The second-order valence-corrected chi connectivity index (χ2v) is 19.5. The van der Waals surface area contributed by atoms with Crippen LogP contribution < -0.4 is 10.2 Å². The first-order chi connectivity index (χ1) is 29.2. The normalized spacial score (nSPS) is 13.3. The smallest absolute Gasteiger partial charge is 0.176 e. The molecule has 1 aliphatic heterocycles. The van der Waals surface area contributed by atoms with Gasteiger partial charge < -0.3 is 15.0 Å². The lowest BCUT2D eigenvalue weighted by atomic mass is 10.00. The second-order valence-electron chi connectivity index (χ2n) is 15.1. The van der Waals surface area contributed by atoms with Crippen molar-refractivity contribution in [1.82, 2.24) is 15.0 Å². The molecule has 4 heterocycles. The van der Waals surface area contributed by atoms with Gasteiger partial charge in [-0.25, -0.2) is 44.4 Å². The summed E-state index contributed by atoms with van der Waals surface area (Å²) >= 11 is 6.29. The number of ether oxygens (including phenoxy) is 1. The SMILES string of the molecule is Cc1ccc(S(C)(=O)=O)c(-c2nc3cc(F)cc(F)c3c(Cl)c2C)c1.Cc1ccc(S(C)(=O)=O)c(-c2nc3cc(F)cc(F)c3c(Nc3cncc(N4CCOCC4)c3)c2C)c1. The van der Waals surface area contributed by atoms with Crippen molar-refractivity contribution in [3.05, 3.63) is 130 Å². The van der Waals surface area contributed by atoms with Gasteiger partial charge in [0.15, 0.2) is 19.7 Å². The maximum absolute atomic E-state index is 15.2. The molecule has 4 aromatic carbocycles. The molecule has 17 heteroatoms. The zero-order valence-electron chi connectivity index (χ0n) is 34.4. The topological polar surface area (TPSA) is 131 Å². The molecule has 0 atom stereocenters. The predicted molar refractivity (Wildman–Crippen MR) is 235 cm³/mol. The van der Waals surface area contributed by atoms with Crippen LogP contribution in [0.3, 0.4) is 0 Å². The fourth-order valence-electron chi connectivity index (χ4n) is 7.39. The average molecular weight is 906 g/mol. The Hall–Kier alpha value is -5.68. The average Bonchev–Trinajstić information content (AvgIpc) is 3.19. The summed E-state index contributed by atoms with van der Waals surface area (Å²) < 4.78 is 112. The maximum atomic E-state index is 15.2. The highest BCUT2D eigenvalue weighted by molar-refractivity contribution is 7.91. The van der Waals surface area contributed by atoms with Crippen molar-refractivity contribution in [1.29, 1.82) is 0 Å². The van der Waals surface area contributed by atoms with E-state index in [9.17, 15) is 30.0 Å². The third kappa shape index (κ3) is 9.09. The van der Waals surface area contributed by atoms with Gasteiger partial charge in [-0.1, -0.05) is 34.9 Å². The molecule has 1 saturated heterocycles. The summed E-state index contributed by atoms with van der Waals surface area (Å²) in [6, 6.07) is 15.5. The number of pyridine rings is 3. The standard InChI is InChI=1S/C27H26F2N4O3S.C18H14ClF2NO2S/c1-16-4-5-24(37(3,34)35)21(10-16)26-17(2)27(25-22(29)11-18(28)12-23(25)32-26)31-19-13-20(15-30-14-19)33-6-8-36-9-7-33;1-9-4-5-15(25(3,23)24)12(6-9)18-10(2)17(19)16-13(21)7-11(20)8-14(16)22-18/h4-5,10-15H,6-9H2,1-3H3,(H,31,32);4-8H,1-3H3. The third-order valence-electron chi connectivity index (χ3n) is 10.4. The summed E-state index contributed by atoms with van der Waals surface area (Å²) in [5, 5.41) is 3.46. The molecule has 0 bridgehead atoms. The Morgan fingerprint density at radius 3 is 1.69 bits per heavy atom. The lowest BCUT2D eigenvalue weighted by molar-refractivity contribution is 0.122. The molecule has 1 N–H and O–H groups in total. The summed E-state index contributed by atoms with van der Waals surface area (Å²) in [6.45, 7) is 9.70. The van der Waals surface area contributed by atoms with Gasteiger partial charge >= 0.3 is 0 Å². The van der Waals surface area contributed by atoms with Crippen LogP contribution in [0, 0.1) is 51.0 Å². The number of sulfone groups is 2. The number of morpholine rings is 1. The number of hydrogen-bond donors (Lipinski definition) is 1. The number of anilines is 3. The van der Waals surface area contributed by atoms with E-state index in [1.807, 2.05) is 19.9 Å². The first kappa shape index (κ1) is 44.4. The zero-order chi connectivity index (χ0) is 44.8. The van der Waals surface area contributed by atoms with Crippen LogP contribution in [0.2, 0.25) is 5.02 Å². The highest BCUT2D eigenvalue weighted by Gasteiger charge is 2.24. The number of benzene rings is 4. The van der Waals surface area contributed by atoms with Crippen LogP contribution in [0.25, 0.3) is 44.3 Å². The number of nitrogens with zero attached hydrogens (tertiary/aromatic N) is 4. The lowest BCUT2D eigenvalue weighted by Crippen LogP contribution is -2.36. The Labute approximate surface area is 361 Å². The minimum absolute atomic E-state index is 0.0119. The van der Waals surface area contributed by atoms with Crippen molar-refractivity contribution < 1.29 is 39.1 Å². The maximum Gasteiger partial charge on any atom is 0.176 e. The summed E-state index contributed by atoms with van der Waals surface area (Å²) in [4.78, 5) is 15.5. The van der Waals surface area contributed by atoms with Crippen LogP contribution in [0.4, 0.5) is 34.6 Å². The number of aryl methyl sites for hydroxylation is 2. The molecule has 0 spiro atoms. The van der Waals surface area contributed by atoms with E-state index in [1.165, 1.54) is 12.1 Å². The molecule has 7 aromatic rings. The summed E-state index contributed by atoms with van der Waals surface area (Å²) in [7, 11) is -7.14. The van der Waals surface area contributed by atoms with Crippen LogP contribution in [-0.4, -0.2) is 70.6 Å². The van der Waals surface area contributed by atoms with Crippen molar-refractivity contribution in [2.45, 2.75) is 37.5 Å². The first-order valence-corrected chi connectivity index (χ1v) is 23.3. The molecule has 0 aliphatic carbocycles. The number of aromatic nitrogens is 3. The van der Waals surface area contributed by atoms with Crippen molar-refractivity contribution >= 4 is 70.1 Å². The zero-order valence-corrected chi connectivity index (χ0v) is 36.8.